The molecule has 2 aromatic rings. The van der Waals surface area contributed by atoms with Crippen LogP contribution in [0.4, 0.5) is 0 Å². The van der Waals surface area contributed by atoms with E-state index in [2.05, 4.69) is 49.5 Å². The number of halogens is 1. The van der Waals surface area contributed by atoms with E-state index in [9.17, 15) is 14.4 Å². The molecule has 1 aromatic carbocycles. The molecule has 0 aliphatic carbocycles. The molecule has 1 heterocycles. The van der Waals surface area contributed by atoms with Crippen LogP contribution in [0.3, 0.4) is 0 Å². The maximum absolute atomic E-state index is 13.6. The van der Waals surface area contributed by atoms with E-state index in [1.54, 1.807) is 6.07 Å². The van der Waals surface area contributed by atoms with Crippen molar-refractivity contribution in [3.8, 4) is 0 Å². The van der Waals surface area contributed by atoms with Crippen LogP contribution in [0.1, 0.15) is 78.2 Å². The fourth-order valence-corrected chi connectivity index (χ4v) is 5.83. The van der Waals surface area contributed by atoms with E-state index in [1.165, 1.54) is 11.3 Å². The molecule has 0 aliphatic heterocycles. The molecular formula is C30H44ClN3O3S. The van der Waals surface area contributed by atoms with Gasteiger partial charge >= 0.3 is 0 Å². The molecule has 2 rings (SSSR count). The Morgan fingerprint density at radius 3 is 2.47 bits per heavy atom. The van der Waals surface area contributed by atoms with Crippen LogP contribution in [0.5, 0.6) is 0 Å². The molecule has 1 amide bonds. The van der Waals surface area contributed by atoms with Crippen LogP contribution >= 0.6 is 22.9 Å². The summed E-state index contributed by atoms with van der Waals surface area (Å²) < 4.78 is 0.965. The number of ketones is 2. The SMILES string of the molecule is C=C(CN(CC)CC)C(=O)CC[C@@H](NC(=O)[C@@H](CC(=O)CCC)Cc1nc2ccc(Cl)cc2s1)[C@@H](C)CC. The van der Waals surface area contributed by atoms with Crippen LogP contribution in [0, 0.1) is 11.8 Å². The van der Waals surface area contributed by atoms with Gasteiger partial charge in [-0.05, 0) is 50.0 Å². The van der Waals surface area contributed by atoms with Gasteiger partial charge in [-0.15, -0.1) is 11.3 Å². The molecule has 1 aromatic heterocycles. The Morgan fingerprint density at radius 2 is 1.84 bits per heavy atom. The Kier molecular flexibility index (Phi) is 13.6. The van der Waals surface area contributed by atoms with Crippen LogP contribution in [-0.4, -0.2) is 53.0 Å². The van der Waals surface area contributed by atoms with E-state index in [0.29, 0.717) is 42.8 Å². The van der Waals surface area contributed by atoms with Crippen LogP contribution in [0.15, 0.2) is 30.4 Å². The number of hydrogen-bond acceptors (Lipinski definition) is 6. The number of fused-ring (bicyclic) bond motifs is 1. The molecular weight excluding hydrogens is 518 g/mol. The minimum absolute atomic E-state index is 0.0438. The number of likely N-dealkylation sites (N-methyl/N-ethyl adjacent to an activating group) is 1. The van der Waals surface area contributed by atoms with E-state index < -0.39 is 5.92 Å². The largest absolute Gasteiger partial charge is 0.353 e. The average Bonchev–Trinajstić information content (AvgIpc) is 3.29. The fourth-order valence-electron chi connectivity index (χ4n) is 4.51. The van der Waals surface area contributed by atoms with Gasteiger partial charge in [0.25, 0.3) is 0 Å². The number of carbonyl (C=O) groups excluding carboxylic acids is 3. The highest BCUT2D eigenvalue weighted by Gasteiger charge is 2.28. The lowest BCUT2D eigenvalue weighted by Crippen LogP contribution is -2.43. The maximum atomic E-state index is 13.6. The molecule has 8 heteroatoms. The summed E-state index contributed by atoms with van der Waals surface area (Å²) >= 11 is 7.65. The van der Waals surface area contributed by atoms with Crippen molar-refractivity contribution in [2.24, 2.45) is 11.8 Å². The van der Waals surface area contributed by atoms with Gasteiger partial charge in [-0.2, -0.15) is 0 Å². The summed E-state index contributed by atoms with van der Waals surface area (Å²) in [4.78, 5) is 45.8. The first kappa shape index (κ1) is 32.1. The molecule has 1 N–H and O–H groups in total. The van der Waals surface area contributed by atoms with Crippen molar-refractivity contribution in [2.75, 3.05) is 19.6 Å². The molecule has 6 nitrogen and oxygen atoms in total. The second-order valence-corrected chi connectivity index (χ2v) is 11.7. The predicted molar refractivity (Wildman–Crippen MR) is 159 cm³/mol. The van der Waals surface area contributed by atoms with Gasteiger partial charge in [0, 0.05) is 48.9 Å². The molecule has 3 atom stereocenters. The lowest BCUT2D eigenvalue weighted by atomic mass is 9.91. The fraction of sp³-hybridized carbons (Fsp3) is 0.600. The number of hydrogen-bond donors (Lipinski definition) is 1. The van der Waals surface area contributed by atoms with Crippen molar-refractivity contribution in [1.82, 2.24) is 15.2 Å². The summed E-state index contributed by atoms with van der Waals surface area (Å²) in [6, 6.07) is 5.39. The number of rotatable bonds is 18. The summed E-state index contributed by atoms with van der Waals surface area (Å²) in [5.74, 6) is -0.335. The van der Waals surface area contributed by atoms with E-state index in [1.807, 2.05) is 19.1 Å². The Bertz CT molecular complexity index is 1100. The van der Waals surface area contributed by atoms with E-state index >= 15 is 0 Å². The normalized spacial score (nSPS) is 13.9. The summed E-state index contributed by atoms with van der Waals surface area (Å²) in [6.45, 7) is 16.6. The second kappa shape index (κ2) is 16.1. The van der Waals surface area contributed by atoms with Gasteiger partial charge in [-0.3, -0.25) is 19.3 Å². The number of benzene rings is 1. The Labute approximate surface area is 237 Å². The third-order valence-corrected chi connectivity index (χ3v) is 8.51. The number of Topliss-reactive ketones (excluding diaryl/α,β-unsaturated/α-hetero) is 2. The number of carbonyl (C=O) groups is 3. The first-order valence-corrected chi connectivity index (χ1v) is 15.1. The van der Waals surface area contributed by atoms with Crippen LogP contribution < -0.4 is 5.32 Å². The zero-order valence-electron chi connectivity index (χ0n) is 23.6. The first-order valence-electron chi connectivity index (χ1n) is 13.9. The molecule has 0 saturated heterocycles. The van der Waals surface area contributed by atoms with Crippen molar-refractivity contribution in [2.45, 2.75) is 85.6 Å². The second-order valence-electron chi connectivity index (χ2n) is 10.1. The van der Waals surface area contributed by atoms with E-state index in [-0.39, 0.29) is 35.9 Å². The van der Waals surface area contributed by atoms with Gasteiger partial charge in [-0.1, -0.05) is 59.2 Å². The van der Waals surface area contributed by atoms with Crippen molar-refractivity contribution in [3.63, 3.8) is 0 Å². The maximum Gasteiger partial charge on any atom is 0.224 e. The molecule has 0 saturated carbocycles. The Morgan fingerprint density at radius 1 is 1.13 bits per heavy atom. The average molecular weight is 562 g/mol. The predicted octanol–water partition coefficient (Wildman–Crippen LogP) is 6.65. The number of nitrogens with zero attached hydrogens (tertiary/aromatic N) is 2. The molecule has 210 valence electrons. The zero-order chi connectivity index (χ0) is 28.2. The summed E-state index contributed by atoms with van der Waals surface area (Å²) in [7, 11) is 0. The quantitative estimate of drug-likeness (QED) is 0.206. The molecule has 0 spiro atoms. The van der Waals surface area contributed by atoms with Crippen LogP contribution in [-0.2, 0) is 20.8 Å². The lowest BCUT2D eigenvalue weighted by Gasteiger charge is -2.27. The summed E-state index contributed by atoms with van der Waals surface area (Å²) in [6.07, 6.45) is 3.55. The summed E-state index contributed by atoms with van der Waals surface area (Å²) in [5, 5.41) is 4.67. The third kappa shape index (κ3) is 9.90. The number of nitrogens with one attached hydrogen (secondary N) is 1. The number of aromatic nitrogens is 1. The van der Waals surface area contributed by atoms with Gasteiger partial charge in [0.2, 0.25) is 5.91 Å². The lowest BCUT2D eigenvalue weighted by molar-refractivity contribution is -0.130. The highest BCUT2D eigenvalue weighted by atomic mass is 35.5. The van der Waals surface area contributed by atoms with Gasteiger partial charge < -0.3 is 5.32 Å². The Hall–Kier alpha value is -2.09. The number of amides is 1. The smallest absolute Gasteiger partial charge is 0.224 e. The highest BCUT2D eigenvalue weighted by molar-refractivity contribution is 7.18. The van der Waals surface area contributed by atoms with Crippen molar-refractivity contribution < 1.29 is 14.4 Å². The summed E-state index contributed by atoms with van der Waals surface area (Å²) in [5.41, 5.74) is 1.45. The minimum Gasteiger partial charge on any atom is -0.353 e. The first-order chi connectivity index (χ1) is 18.1. The molecule has 0 aliphatic rings. The van der Waals surface area contributed by atoms with Crippen LogP contribution in [0.2, 0.25) is 5.02 Å². The Balaban J connectivity index is 2.14. The monoisotopic (exact) mass is 561 g/mol. The number of thiazole rings is 1. The van der Waals surface area contributed by atoms with Crippen LogP contribution in [0.25, 0.3) is 10.2 Å². The van der Waals surface area contributed by atoms with E-state index in [0.717, 1.165) is 41.2 Å². The molecule has 38 heavy (non-hydrogen) atoms. The third-order valence-electron chi connectivity index (χ3n) is 7.23. The van der Waals surface area contributed by atoms with Gasteiger partial charge in [0.15, 0.2) is 5.78 Å². The van der Waals surface area contributed by atoms with Gasteiger partial charge in [-0.25, -0.2) is 4.98 Å². The van der Waals surface area contributed by atoms with Gasteiger partial charge in [0.05, 0.1) is 21.1 Å². The van der Waals surface area contributed by atoms with Gasteiger partial charge in [0.1, 0.15) is 5.78 Å². The molecule has 0 fully saturated rings. The molecule has 0 unspecified atom stereocenters. The topological polar surface area (TPSA) is 79.4 Å². The van der Waals surface area contributed by atoms with E-state index in [4.69, 9.17) is 11.6 Å². The highest BCUT2D eigenvalue weighted by Crippen LogP contribution is 2.28. The molecule has 0 bridgehead atoms. The standard InChI is InChI=1S/C30H44ClN3O3S/c1-7-11-24(35)16-22(17-29-32-26-13-12-23(31)18-28(26)38-29)30(37)33-25(20(5)8-2)14-15-27(36)21(6)19-34(9-3)10-4/h12-13,18,20,22,25H,6-11,14-17,19H2,1-5H3,(H,33,37)/t20-,22-,25+/m0/s1. The van der Waals surface area contributed by atoms with Crippen molar-refractivity contribution in [3.05, 3.63) is 40.4 Å². The zero-order valence-corrected chi connectivity index (χ0v) is 25.2. The minimum atomic E-state index is -0.509. The molecule has 0 radical (unpaired) electrons. The van der Waals surface area contributed by atoms with Crippen molar-refractivity contribution in [1.29, 1.82) is 0 Å². The van der Waals surface area contributed by atoms with Crippen molar-refractivity contribution >= 4 is 50.6 Å².